The molecular weight excluding hydrogens is 268 g/mol. The van der Waals surface area contributed by atoms with E-state index in [0.29, 0.717) is 28.7 Å². The Labute approximate surface area is 123 Å². The number of nitrogens with zero attached hydrogens (tertiary/aromatic N) is 2. The molecule has 110 valence electrons. The molecule has 1 aliphatic rings. The van der Waals surface area contributed by atoms with Crippen LogP contribution in [0.5, 0.6) is 0 Å². The van der Waals surface area contributed by atoms with E-state index in [-0.39, 0.29) is 17.3 Å². The molecule has 0 bridgehead atoms. The first-order valence-corrected chi connectivity index (χ1v) is 6.94. The van der Waals surface area contributed by atoms with Crippen molar-refractivity contribution in [2.24, 2.45) is 0 Å². The Kier molecular flexibility index (Phi) is 4.62. The van der Waals surface area contributed by atoms with E-state index in [1.54, 1.807) is 19.3 Å². The van der Waals surface area contributed by atoms with Crippen molar-refractivity contribution < 1.29 is 14.3 Å². The van der Waals surface area contributed by atoms with Gasteiger partial charge in [0.25, 0.3) is 0 Å². The van der Waals surface area contributed by atoms with Crippen LogP contribution in [0.2, 0.25) is 0 Å². The minimum atomic E-state index is -0.268. The lowest BCUT2D eigenvalue weighted by Crippen LogP contribution is -2.23. The fourth-order valence-electron chi connectivity index (χ4n) is 2.44. The van der Waals surface area contributed by atoms with Gasteiger partial charge in [0.05, 0.1) is 7.11 Å². The Morgan fingerprint density at radius 3 is 2.38 bits per heavy atom. The van der Waals surface area contributed by atoms with Gasteiger partial charge in [-0.15, -0.1) is 0 Å². The fourth-order valence-corrected chi connectivity index (χ4v) is 2.44. The molecule has 0 radical (unpaired) electrons. The summed E-state index contributed by atoms with van der Waals surface area (Å²) in [7, 11) is 1.40. The molecule has 5 heteroatoms. The average Bonchev–Trinajstić information content (AvgIpc) is 2.51. The molecule has 1 aromatic heterocycles. The summed E-state index contributed by atoms with van der Waals surface area (Å²) in [5, 5.41) is 0. The van der Waals surface area contributed by atoms with Gasteiger partial charge in [0.1, 0.15) is 6.33 Å². The van der Waals surface area contributed by atoms with Gasteiger partial charge in [-0.25, -0.2) is 9.97 Å². The zero-order valence-electron chi connectivity index (χ0n) is 12.5. The Hall–Kier alpha value is -2.30. The third kappa shape index (κ3) is 2.77. The van der Waals surface area contributed by atoms with Crippen LogP contribution in [0.4, 0.5) is 0 Å². The third-order valence-electron chi connectivity index (χ3n) is 3.52. The maximum Gasteiger partial charge on any atom is 0.229 e. The Bertz CT molecular complexity index is 630. The maximum atomic E-state index is 12.6. The van der Waals surface area contributed by atoms with Gasteiger partial charge in [-0.2, -0.15) is 0 Å². The van der Waals surface area contributed by atoms with Crippen molar-refractivity contribution in [3.63, 3.8) is 0 Å². The average molecular weight is 286 g/mol. The monoisotopic (exact) mass is 286 g/mol. The van der Waals surface area contributed by atoms with Crippen LogP contribution in [0, 0.1) is 0 Å². The molecule has 0 amide bonds. The van der Waals surface area contributed by atoms with E-state index in [1.165, 1.54) is 13.4 Å². The number of Topliss-reactive ketones (excluding diaryl/α,β-unsaturated/α-hetero) is 2. The molecule has 5 nitrogen and oxygen atoms in total. The minimum absolute atomic E-state index is 0.110. The standard InChI is InChI=1S/C16H18N2O3/c1-4-5-6-12-13(11-7-17-9-18-8-11)15(20)16(21-3)10(2)14(12)19/h7-9H,4-6H2,1-3H3. The number of rotatable bonds is 5. The van der Waals surface area contributed by atoms with E-state index >= 15 is 0 Å². The van der Waals surface area contributed by atoms with Gasteiger partial charge in [-0.05, 0) is 19.8 Å². The second-order valence-corrected chi connectivity index (χ2v) is 4.90. The Morgan fingerprint density at radius 1 is 1.14 bits per heavy atom. The smallest absolute Gasteiger partial charge is 0.229 e. The molecule has 1 aromatic rings. The molecule has 0 aliphatic heterocycles. The normalized spacial score (nSPS) is 15.8. The molecule has 0 atom stereocenters. The highest BCUT2D eigenvalue weighted by Crippen LogP contribution is 2.33. The molecule has 0 spiro atoms. The summed E-state index contributed by atoms with van der Waals surface area (Å²) < 4.78 is 5.12. The van der Waals surface area contributed by atoms with Gasteiger partial charge in [0, 0.05) is 34.7 Å². The lowest BCUT2D eigenvalue weighted by Gasteiger charge is -2.21. The van der Waals surface area contributed by atoms with Gasteiger partial charge in [-0.3, -0.25) is 9.59 Å². The number of unbranched alkanes of at least 4 members (excludes halogenated alkanes) is 1. The highest BCUT2D eigenvalue weighted by Gasteiger charge is 2.33. The summed E-state index contributed by atoms with van der Waals surface area (Å²) in [6, 6.07) is 0. The number of allylic oxidation sites excluding steroid dienone is 3. The van der Waals surface area contributed by atoms with Crippen molar-refractivity contribution in [1.29, 1.82) is 0 Å². The second-order valence-electron chi connectivity index (χ2n) is 4.90. The largest absolute Gasteiger partial charge is 0.492 e. The van der Waals surface area contributed by atoms with Gasteiger partial charge >= 0.3 is 0 Å². The third-order valence-corrected chi connectivity index (χ3v) is 3.52. The molecule has 0 unspecified atom stereocenters. The number of carbonyl (C=O) groups is 2. The van der Waals surface area contributed by atoms with Crippen LogP contribution in [0.3, 0.4) is 0 Å². The number of methoxy groups -OCH3 is 1. The van der Waals surface area contributed by atoms with Crippen LogP contribution in [-0.2, 0) is 14.3 Å². The van der Waals surface area contributed by atoms with Crippen molar-refractivity contribution >= 4 is 17.1 Å². The molecule has 0 aromatic carbocycles. The molecule has 2 rings (SSSR count). The van der Waals surface area contributed by atoms with Crippen molar-refractivity contribution in [2.75, 3.05) is 7.11 Å². The molecule has 0 saturated heterocycles. The lowest BCUT2D eigenvalue weighted by atomic mass is 9.83. The summed E-state index contributed by atoms with van der Waals surface area (Å²) in [4.78, 5) is 33.1. The van der Waals surface area contributed by atoms with Crippen LogP contribution in [0.1, 0.15) is 38.7 Å². The summed E-state index contributed by atoms with van der Waals surface area (Å²) >= 11 is 0. The second kappa shape index (κ2) is 6.43. The summed E-state index contributed by atoms with van der Waals surface area (Å²) in [6.07, 6.45) is 6.86. The van der Waals surface area contributed by atoms with E-state index in [0.717, 1.165) is 12.8 Å². The number of ether oxygens (including phenoxy) is 1. The van der Waals surface area contributed by atoms with Crippen LogP contribution in [-0.4, -0.2) is 28.6 Å². The SMILES string of the molecule is CCCCC1=C(c2cncnc2)C(=O)C(OC)=C(C)C1=O. The van der Waals surface area contributed by atoms with Gasteiger partial charge < -0.3 is 4.74 Å². The molecule has 0 N–H and O–H groups in total. The quantitative estimate of drug-likeness (QED) is 0.778. The van der Waals surface area contributed by atoms with E-state index in [1.807, 2.05) is 6.92 Å². The summed E-state index contributed by atoms with van der Waals surface area (Å²) in [6.45, 7) is 3.67. The number of ketones is 2. The first-order valence-electron chi connectivity index (χ1n) is 6.94. The first kappa shape index (κ1) is 15.1. The summed E-state index contributed by atoms with van der Waals surface area (Å²) in [5.74, 6) is -0.284. The predicted molar refractivity (Wildman–Crippen MR) is 78.2 cm³/mol. The topological polar surface area (TPSA) is 69.2 Å². The molecule has 1 aliphatic carbocycles. The zero-order chi connectivity index (χ0) is 15.4. The molecule has 1 heterocycles. The van der Waals surface area contributed by atoms with Crippen molar-refractivity contribution in [2.45, 2.75) is 33.1 Å². The van der Waals surface area contributed by atoms with E-state index in [9.17, 15) is 9.59 Å². The Morgan fingerprint density at radius 2 is 1.81 bits per heavy atom. The highest BCUT2D eigenvalue weighted by atomic mass is 16.5. The first-order chi connectivity index (χ1) is 10.1. The Balaban J connectivity index is 2.59. The fraction of sp³-hybridized carbons (Fsp3) is 0.375. The van der Waals surface area contributed by atoms with Crippen LogP contribution in [0.15, 0.2) is 35.6 Å². The van der Waals surface area contributed by atoms with Crippen LogP contribution < -0.4 is 0 Å². The number of hydrogen-bond acceptors (Lipinski definition) is 5. The van der Waals surface area contributed by atoms with Gasteiger partial charge in [-0.1, -0.05) is 13.3 Å². The molecule has 0 saturated carbocycles. The van der Waals surface area contributed by atoms with Gasteiger partial charge in [0.2, 0.25) is 5.78 Å². The molecule has 21 heavy (non-hydrogen) atoms. The zero-order valence-corrected chi connectivity index (χ0v) is 12.5. The van der Waals surface area contributed by atoms with Crippen molar-refractivity contribution in [1.82, 2.24) is 9.97 Å². The van der Waals surface area contributed by atoms with Crippen LogP contribution >= 0.6 is 0 Å². The molecular formula is C16H18N2O3. The molecule has 0 fully saturated rings. The van der Waals surface area contributed by atoms with Gasteiger partial charge in [0.15, 0.2) is 11.5 Å². The van der Waals surface area contributed by atoms with E-state index in [2.05, 4.69) is 9.97 Å². The van der Waals surface area contributed by atoms with E-state index in [4.69, 9.17) is 4.74 Å². The van der Waals surface area contributed by atoms with Crippen molar-refractivity contribution in [3.05, 3.63) is 41.2 Å². The van der Waals surface area contributed by atoms with Crippen molar-refractivity contribution in [3.8, 4) is 0 Å². The predicted octanol–water partition coefficient (Wildman–Crippen LogP) is 2.49. The lowest BCUT2D eigenvalue weighted by molar-refractivity contribution is -0.117. The number of hydrogen-bond donors (Lipinski definition) is 0. The summed E-state index contributed by atoms with van der Waals surface area (Å²) in [5.41, 5.74) is 1.84. The number of carbonyl (C=O) groups excluding carboxylic acids is 2. The maximum absolute atomic E-state index is 12.6. The van der Waals surface area contributed by atoms with Crippen LogP contribution in [0.25, 0.3) is 5.57 Å². The number of aromatic nitrogens is 2. The highest BCUT2D eigenvalue weighted by molar-refractivity contribution is 6.38. The minimum Gasteiger partial charge on any atom is -0.492 e. The van der Waals surface area contributed by atoms with E-state index < -0.39 is 0 Å².